The highest BCUT2D eigenvalue weighted by Crippen LogP contribution is 2.32. The van der Waals surface area contributed by atoms with E-state index in [0.29, 0.717) is 10.8 Å². The maximum atomic E-state index is 13.4. The van der Waals surface area contributed by atoms with Gasteiger partial charge in [-0.1, -0.05) is 89.6 Å². The molecule has 3 aromatic carbocycles. The van der Waals surface area contributed by atoms with E-state index in [1.807, 2.05) is 55.5 Å². The number of amides is 1. The van der Waals surface area contributed by atoms with Gasteiger partial charge in [-0.15, -0.1) is 0 Å². The van der Waals surface area contributed by atoms with Gasteiger partial charge in [-0.05, 0) is 30.7 Å². The smallest absolute Gasteiger partial charge is 0.230 e. The molecule has 174 valence electrons. The van der Waals surface area contributed by atoms with Crippen LogP contribution in [0.1, 0.15) is 11.1 Å². The molecule has 34 heavy (non-hydrogen) atoms. The minimum atomic E-state index is -3.87. The number of rotatable bonds is 8. The standard InChI is InChI=1S/C25H22ClN3O3S2/c1-17-11-13-20(14-12-17)34(31,32)25-24(28-23(29-25)18-7-3-2-4-8-18)33-16-22(30)27-15-19-9-5-6-10-21(19)26/h2-14H,15-16H2,1H3,(H,27,30)(H,28,29). The summed E-state index contributed by atoms with van der Waals surface area (Å²) in [7, 11) is -3.87. The number of halogens is 1. The van der Waals surface area contributed by atoms with E-state index in [2.05, 4.69) is 15.3 Å². The fraction of sp³-hybridized carbons (Fsp3) is 0.120. The maximum absolute atomic E-state index is 13.4. The quantitative estimate of drug-likeness (QED) is 0.314. The van der Waals surface area contributed by atoms with Crippen molar-refractivity contribution in [3.63, 3.8) is 0 Å². The Morgan fingerprint density at radius 3 is 2.38 bits per heavy atom. The van der Waals surface area contributed by atoms with Crippen molar-refractivity contribution in [1.29, 1.82) is 0 Å². The zero-order valence-corrected chi connectivity index (χ0v) is 20.7. The Morgan fingerprint density at radius 1 is 1.00 bits per heavy atom. The fourth-order valence-corrected chi connectivity index (χ4v) is 5.86. The van der Waals surface area contributed by atoms with Crippen molar-refractivity contribution in [3.8, 4) is 11.4 Å². The lowest BCUT2D eigenvalue weighted by molar-refractivity contribution is -0.118. The molecule has 0 saturated heterocycles. The molecular formula is C25H22ClN3O3S2. The van der Waals surface area contributed by atoms with Gasteiger partial charge in [0.1, 0.15) is 10.9 Å². The number of imidazole rings is 1. The summed E-state index contributed by atoms with van der Waals surface area (Å²) in [6.45, 7) is 2.17. The Bertz CT molecular complexity index is 1400. The second-order valence-corrected chi connectivity index (χ2v) is 10.8. The number of thioether (sulfide) groups is 1. The molecule has 0 atom stereocenters. The molecule has 4 rings (SSSR count). The van der Waals surface area contributed by atoms with Crippen LogP contribution in [0.2, 0.25) is 5.02 Å². The summed E-state index contributed by atoms with van der Waals surface area (Å²) in [6, 6.07) is 23.1. The van der Waals surface area contributed by atoms with Gasteiger partial charge in [-0.25, -0.2) is 13.4 Å². The van der Waals surface area contributed by atoms with E-state index in [0.717, 1.165) is 28.5 Å². The largest absolute Gasteiger partial charge is 0.351 e. The number of aryl methyl sites for hydroxylation is 1. The Morgan fingerprint density at radius 2 is 1.68 bits per heavy atom. The molecule has 0 spiro atoms. The predicted molar refractivity (Wildman–Crippen MR) is 135 cm³/mol. The Kier molecular flexibility index (Phi) is 7.41. The van der Waals surface area contributed by atoms with Crippen LogP contribution < -0.4 is 5.32 Å². The Balaban J connectivity index is 1.58. The van der Waals surface area contributed by atoms with E-state index in [1.165, 1.54) is 0 Å². The van der Waals surface area contributed by atoms with E-state index >= 15 is 0 Å². The van der Waals surface area contributed by atoms with Crippen molar-refractivity contribution in [2.45, 2.75) is 28.4 Å². The summed E-state index contributed by atoms with van der Waals surface area (Å²) >= 11 is 7.21. The summed E-state index contributed by atoms with van der Waals surface area (Å²) in [4.78, 5) is 20.1. The first-order chi connectivity index (χ1) is 16.3. The minimum absolute atomic E-state index is 0.0000462. The van der Waals surface area contributed by atoms with Crippen molar-refractivity contribution >= 4 is 39.1 Å². The molecule has 4 aromatic rings. The van der Waals surface area contributed by atoms with Crippen LogP contribution in [0.4, 0.5) is 0 Å². The summed E-state index contributed by atoms with van der Waals surface area (Å²) in [5.41, 5.74) is 2.51. The second kappa shape index (κ2) is 10.5. The summed E-state index contributed by atoms with van der Waals surface area (Å²) < 4.78 is 26.8. The Hall–Kier alpha value is -3.07. The van der Waals surface area contributed by atoms with Gasteiger partial charge >= 0.3 is 0 Å². The van der Waals surface area contributed by atoms with Crippen LogP contribution >= 0.6 is 23.4 Å². The molecular weight excluding hydrogens is 490 g/mol. The molecule has 9 heteroatoms. The lowest BCUT2D eigenvalue weighted by Gasteiger charge is -2.07. The van der Waals surface area contributed by atoms with Gasteiger partial charge < -0.3 is 10.3 Å². The molecule has 0 fully saturated rings. The van der Waals surface area contributed by atoms with E-state index in [9.17, 15) is 13.2 Å². The van der Waals surface area contributed by atoms with Crippen LogP contribution in [0.5, 0.6) is 0 Å². The molecule has 0 bridgehead atoms. The third-order valence-corrected chi connectivity index (χ3v) is 8.26. The SMILES string of the molecule is Cc1ccc(S(=O)(=O)c2[nH]c(-c3ccccc3)nc2SCC(=O)NCc2ccccc2Cl)cc1. The van der Waals surface area contributed by atoms with Crippen LogP contribution in [0, 0.1) is 6.92 Å². The van der Waals surface area contributed by atoms with E-state index in [-0.39, 0.29) is 33.2 Å². The number of aromatic amines is 1. The number of aromatic nitrogens is 2. The fourth-order valence-electron chi connectivity index (χ4n) is 3.21. The van der Waals surface area contributed by atoms with Gasteiger partial charge in [0, 0.05) is 17.1 Å². The zero-order chi connectivity index (χ0) is 24.1. The highest BCUT2D eigenvalue weighted by molar-refractivity contribution is 8.00. The van der Waals surface area contributed by atoms with Crippen LogP contribution in [-0.4, -0.2) is 30.0 Å². The van der Waals surface area contributed by atoms with E-state index < -0.39 is 9.84 Å². The molecule has 0 aliphatic rings. The van der Waals surface area contributed by atoms with Crippen molar-refractivity contribution in [2.75, 3.05) is 5.75 Å². The topological polar surface area (TPSA) is 91.9 Å². The molecule has 1 aromatic heterocycles. The summed E-state index contributed by atoms with van der Waals surface area (Å²) in [6.07, 6.45) is 0. The molecule has 0 saturated carbocycles. The number of carbonyl (C=O) groups excluding carboxylic acids is 1. The third-order valence-electron chi connectivity index (χ3n) is 5.06. The number of sulfone groups is 1. The lowest BCUT2D eigenvalue weighted by Crippen LogP contribution is -2.24. The van der Waals surface area contributed by atoms with Gasteiger partial charge in [0.25, 0.3) is 0 Å². The lowest BCUT2D eigenvalue weighted by atomic mass is 10.2. The molecule has 6 nitrogen and oxygen atoms in total. The van der Waals surface area contributed by atoms with Crippen molar-refractivity contribution in [2.24, 2.45) is 0 Å². The number of carbonyl (C=O) groups is 1. The van der Waals surface area contributed by atoms with Gasteiger partial charge in [0.05, 0.1) is 10.6 Å². The molecule has 0 aliphatic carbocycles. The number of nitrogens with zero attached hydrogens (tertiary/aromatic N) is 1. The number of benzene rings is 3. The normalized spacial score (nSPS) is 11.4. The minimum Gasteiger partial charge on any atom is -0.351 e. The van der Waals surface area contributed by atoms with E-state index in [1.54, 1.807) is 30.3 Å². The number of hydrogen-bond donors (Lipinski definition) is 2. The zero-order valence-electron chi connectivity index (χ0n) is 18.3. The van der Waals surface area contributed by atoms with Crippen molar-refractivity contribution < 1.29 is 13.2 Å². The average molecular weight is 512 g/mol. The van der Waals surface area contributed by atoms with E-state index in [4.69, 9.17) is 11.6 Å². The Labute approximate surface area is 207 Å². The third kappa shape index (κ3) is 5.52. The average Bonchev–Trinajstić information content (AvgIpc) is 3.28. The number of hydrogen-bond acceptors (Lipinski definition) is 5. The molecule has 0 unspecified atom stereocenters. The highest BCUT2D eigenvalue weighted by Gasteiger charge is 2.26. The van der Waals surface area contributed by atoms with Crippen LogP contribution in [-0.2, 0) is 21.2 Å². The van der Waals surface area contributed by atoms with Gasteiger partial charge in [0.2, 0.25) is 15.7 Å². The molecule has 0 radical (unpaired) electrons. The van der Waals surface area contributed by atoms with Crippen molar-refractivity contribution in [3.05, 3.63) is 95.0 Å². The molecule has 0 aliphatic heterocycles. The van der Waals surface area contributed by atoms with Crippen molar-refractivity contribution in [1.82, 2.24) is 15.3 Å². The van der Waals surface area contributed by atoms with Gasteiger partial charge in [0.15, 0.2) is 5.03 Å². The first-order valence-corrected chi connectivity index (χ1v) is 13.3. The summed E-state index contributed by atoms with van der Waals surface area (Å²) in [5, 5.41) is 3.60. The number of nitrogens with one attached hydrogen (secondary N) is 2. The number of H-pyrrole nitrogens is 1. The first-order valence-electron chi connectivity index (χ1n) is 10.4. The summed E-state index contributed by atoms with van der Waals surface area (Å²) in [5.74, 6) is 0.165. The van der Waals surface area contributed by atoms with Crippen LogP contribution in [0.25, 0.3) is 11.4 Å². The first kappa shape index (κ1) is 24.1. The van der Waals surface area contributed by atoms with Gasteiger partial charge in [-0.2, -0.15) is 0 Å². The van der Waals surface area contributed by atoms with Crippen LogP contribution in [0.3, 0.4) is 0 Å². The van der Waals surface area contributed by atoms with Gasteiger partial charge in [-0.3, -0.25) is 4.79 Å². The predicted octanol–water partition coefficient (Wildman–Crippen LogP) is 5.28. The monoisotopic (exact) mass is 511 g/mol. The molecule has 1 heterocycles. The van der Waals surface area contributed by atoms with Crippen LogP contribution in [0.15, 0.2) is 93.8 Å². The maximum Gasteiger partial charge on any atom is 0.230 e. The second-order valence-electron chi connectivity index (χ2n) is 7.56. The molecule has 1 amide bonds. The highest BCUT2D eigenvalue weighted by atomic mass is 35.5. The molecule has 2 N–H and O–H groups in total.